The molecule has 0 atom stereocenters. The zero-order valence-corrected chi connectivity index (χ0v) is 21.8. The molecule has 0 spiro atoms. The Morgan fingerprint density at radius 1 is 1.00 bits per heavy atom. The highest BCUT2D eigenvalue weighted by molar-refractivity contribution is 7.92. The van der Waals surface area contributed by atoms with Crippen LogP contribution in [0.2, 0.25) is 0 Å². The van der Waals surface area contributed by atoms with Gasteiger partial charge in [0.1, 0.15) is 5.82 Å². The largest absolute Gasteiger partial charge is 0.452 e. The lowest BCUT2D eigenvalue weighted by atomic mass is 10.1. The average molecular weight is 553 g/mol. The summed E-state index contributed by atoms with van der Waals surface area (Å²) in [6.07, 6.45) is 1.56. The van der Waals surface area contributed by atoms with E-state index in [0.29, 0.717) is 34.0 Å². The summed E-state index contributed by atoms with van der Waals surface area (Å²) in [5.41, 5.74) is 1.62. The molecule has 0 aliphatic heterocycles. The number of anilines is 1. The van der Waals surface area contributed by atoms with Crippen LogP contribution in [0.15, 0.2) is 70.0 Å². The molecule has 200 valence electrons. The Hall–Kier alpha value is -4.58. The second-order valence-electron chi connectivity index (χ2n) is 8.73. The Labute approximate surface area is 221 Å². The minimum atomic E-state index is -3.63. The molecule has 9 nitrogen and oxygen atoms in total. The Bertz CT molecular complexity index is 1900. The quantitative estimate of drug-likeness (QED) is 0.284. The van der Waals surface area contributed by atoms with Crippen molar-refractivity contribution in [1.82, 2.24) is 14.8 Å². The number of halogens is 2. The summed E-state index contributed by atoms with van der Waals surface area (Å²) in [5, 5.41) is 8.25. The summed E-state index contributed by atoms with van der Waals surface area (Å²) in [5.74, 6) is -1.38. The lowest BCUT2D eigenvalue weighted by Crippen LogP contribution is -2.15. The van der Waals surface area contributed by atoms with E-state index in [2.05, 4.69) is 14.9 Å². The molecular formula is C27H22F2N4O5S. The number of benzene rings is 3. The van der Waals surface area contributed by atoms with Crippen molar-refractivity contribution in [3.05, 3.63) is 94.1 Å². The van der Waals surface area contributed by atoms with Gasteiger partial charge in [0, 0.05) is 35.7 Å². The molecule has 3 aromatic carbocycles. The highest BCUT2D eigenvalue weighted by atomic mass is 32.2. The van der Waals surface area contributed by atoms with Crippen molar-refractivity contribution in [2.75, 3.05) is 10.5 Å². The van der Waals surface area contributed by atoms with Crippen LogP contribution in [0, 0.1) is 25.5 Å². The molecule has 2 aromatic heterocycles. The molecule has 0 bridgehead atoms. The first kappa shape index (κ1) is 26.0. The molecular weight excluding hydrogens is 530 g/mol. The number of aryl methyl sites for hydroxylation is 2. The summed E-state index contributed by atoms with van der Waals surface area (Å²) < 4.78 is 68.1. The summed E-state index contributed by atoms with van der Waals surface area (Å²) in [6, 6.07) is 12.3. The van der Waals surface area contributed by atoms with Crippen LogP contribution < -0.4 is 14.9 Å². The van der Waals surface area contributed by atoms with Crippen molar-refractivity contribution in [3.63, 3.8) is 0 Å². The Morgan fingerprint density at radius 2 is 1.77 bits per heavy atom. The monoisotopic (exact) mass is 552 g/mol. The molecule has 0 aliphatic carbocycles. The van der Waals surface area contributed by atoms with Crippen LogP contribution in [0.5, 0.6) is 11.5 Å². The minimum Gasteiger partial charge on any atom is -0.452 e. The summed E-state index contributed by atoms with van der Waals surface area (Å²) in [6.45, 7) is 4.78. The van der Waals surface area contributed by atoms with E-state index < -0.39 is 21.7 Å². The Kier molecular flexibility index (Phi) is 6.64. The molecule has 0 saturated heterocycles. The highest BCUT2D eigenvalue weighted by Crippen LogP contribution is 2.35. The van der Waals surface area contributed by atoms with Gasteiger partial charge in [-0.3, -0.25) is 9.52 Å². The first-order valence-corrected chi connectivity index (χ1v) is 13.4. The maximum Gasteiger partial charge on any atom is 0.247 e. The van der Waals surface area contributed by atoms with Crippen molar-refractivity contribution in [2.24, 2.45) is 0 Å². The number of fused-ring (bicyclic) bond motifs is 1. The Morgan fingerprint density at radius 3 is 2.46 bits per heavy atom. The van der Waals surface area contributed by atoms with Crippen molar-refractivity contribution in [1.29, 1.82) is 0 Å². The van der Waals surface area contributed by atoms with Gasteiger partial charge in [0.2, 0.25) is 21.8 Å². The maximum atomic E-state index is 14.5. The summed E-state index contributed by atoms with van der Waals surface area (Å²) in [7, 11) is -3.63. The summed E-state index contributed by atoms with van der Waals surface area (Å²) in [4.78, 5) is 13.0. The predicted molar refractivity (Wildman–Crippen MR) is 142 cm³/mol. The normalized spacial score (nSPS) is 11.6. The number of rotatable bonds is 7. The molecule has 0 unspecified atom stereocenters. The minimum absolute atomic E-state index is 0.114. The highest BCUT2D eigenvalue weighted by Gasteiger charge is 2.18. The van der Waals surface area contributed by atoms with E-state index >= 15 is 0 Å². The van der Waals surface area contributed by atoms with Gasteiger partial charge in [-0.15, -0.1) is 10.2 Å². The third-order valence-electron chi connectivity index (χ3n) is 5.94. The first-order chi connectivity index (χ1) is 18.5. The van der Waals surface area contributed by atoms with Gasteiger partial charge in [0.05, 0.1) is 22.6 Å². The maximum absolute atomic E-state index is 14.5. The number of nitrogens with zero attached hydrogens (tertiary/aromatic N) is 3. The van der Waals surface area contributed by atoms with Gasteiger partial charge in [0.25, 0.3) is 0 Å². The van der Waals surface area contributed by atoms with Crippen molar-refractivity contribution >= 4 is 26.6 Å². The van der Waals surface area contributed by atoms with Gasteiger partial charge in [-0.2, -0.15) is 0 Å². The number of ether oxygens (including phenoxy) is 1. The molecule has 39 heavy (non-hydrogen) atoms. The van der Waals surface area contributed by atoms with Gasteiger partial charge < -0.3 is 13.7 Å². The summed E-state index contributed by atoms with van der Waals surface area (Å²) >= 11 is 0. The SMILES string of the molecule is CCS(=O)(=O)Nc1ccc(Oc2ccc(F)cc2F)c(-n2cc(C)c(=O)c3ccc(-c4nnc(C)o4)cc32)c1. The fraction of sp³-hybridized carbons (Fsp3) is 0.148. The number of aromatic nitrogens is 3. The van der Waals surface area contributed by atoms with Crippen LogP contribution in [0.3, 0.4) is 0 Å². The van der Waals surface area contributed by atoms with Gasteiger partial charge >= 0.3 is 0 Å². The topological polar surface area (TPSA) is 116 Å². The number of nitrogens with one attached hydrogen (secondary N) is 1. The molecule has 0 amide bonds. The molecule has 1 N–H and O–H groups in total. The molecule has 5 rings (SSSR count). The average Bonchev–Trinajstić information content (AvgIpc) is 3.34. The second kappa shape index (κ2) is 9.95. The zero-order valence-electron chi connectivity index (χ0n) is 21.0. The van der Waals surface area contributed by atoms with Gasteiger partial charge in [0.15, 0.2) is 22.7 Å². The fourth-order valence-electron chi connectivity index (χ4n) is 3.99. The third kappa shape index (κ3) is 5.23. The van der Waals surface area contributed by atoms with E-state index in [9.17, 15) is 22.0 Å². The van der Waals surface area contributed by atoms with E-state index in [1.807, 2.05) is 0 Å². The molecule has 0 radical (unpaired) electrons. The molecule has 12 heteroatoms. The molecule has 0 saturated carbocycles. The second-order valence-corrected chi connectivity index (χ2v) is 10.7. The van der Waals surface area contributed by atoms with Crippen LogP contribution in [0.4, 0.5) is 14.5 Å². The van der Waals surface area contributed by atoms with Crippen molar-refractivity contribution < 1.29 is 26.4 Å². The van der Waals surface area contributed by atoms with Crippen LogP contribution in [-0.4, -0.2) is 28.9 Å². The predicted octanol–water partition coefficient (Wildman–Crippen LogP) is 5.49. The number of hydrogen-bond acceptors (Lipinski definition) is 7. The number of pyridine rings is 1. The fourth-order valence-corrected chi connectivity index (χ4v) is 4.62. The van der Waals surface area contributed by atoms with Crippen LogP contribution in [-0.2, 0) is 10.0 Å². The van der Waals surface area contributed by atoms with Gasteiger partial charge in [-0.25, -0.2) is 17.2 Å². The lowest BCUT2D eigenvalue weighted by Gasteiger charge is -2.19. The number of sulfonamides is 1. The van der Waals surface area contributed by atoms with E-state index in [1.54, 1.807) is 42.8 Å². The number of hydrogen-bond donors (Lipinski definition) is 1. The van der Waals surface area contributed by atoms with Gasteiger partial charge in [-0.05, 0) is 62.4 Å². The molecule has 5 aromatic rings. The molecule has 2 heterocycles. The van der Waals surface area contributed by atoms with E-state index in [0.717, 1.165) is 12.1 Å². The first-order valence-electron chi connectivity index (χ1n) is 11.8. The van der Waals surface area contributed by atoms with Crippen molar-refractivity contribution in [2.45, 2.75) is 20.8 Å². The van der Waals surface area contributed by atoms with Crippen LogP contribution >= 0.6 is 0 Å². The molecule has 0 fully saturated rings. The van der Waals surface area contributed by atoms with Gasteiger partial charge in [-0.1, -0.05) is 0 Å². The van der Waals surface area contributed by atoms with Crippen LogP contribution in [0.25, 0.3) is 28.0 Å². The smallest absolute Gasteiger partial charge is 0.247 e. The Balaban J connectivity index is 1.76. The molecule has 0 aliphatic rings. The van der Waals surface area contributed by atoms with Crippen molar-refractivity contribution in [3.8, 4) is 28.6 Å². The standard InChI is InChI=1S/C27H22F2N4O5S/c1-4-39(35,36)32-19-7-10-25(38-24-9-6-18(28)12-21(24)29)23(13-19)33-14-15(2)26(34)20-8-5-17(11-22(20)33)27-31-30-16(3)37-27/h5-14,32H,4H2,1-3H3. The third-order valence-corrected chi connectivity index (χ3v) is 7.25. The lowest BCUT2D eigenvalue weighted by molar-refractivity contribution is 0.436. The van der Waals surface area contributed by atoms with E-state index in [-0.39, 0.29) is 39.9 Å². The van der Waals surface area contributed by atoms with E-state index in [1.165, 1.54) is 25.1 Å². The zero-order chi connectivity index (χ0) is 27.9. The van der Waals surface area contributed by atoms with Crippen LogP contribution in [0.1, 0.15) is 18.4 Å². The van der Waals surface area contributed by atoms with E-state index in [4.69, 9.17) is 9.15 Å².